The molecule has 2 rings (SSSR count). The summed E-state index contributed by atoms with van der Waals surface area (Å²) in [5.74, 6) is 0. The highest BCUT2D eigenvalue weighted by molar-refractivity contribution is 9.10. The minimum Gasteiger partial charge on any atom is -0.326 e. The Morgan fingerprint density at radius 1 is 1.44 bits per heavy atom. The third-order valence-corrected chi connectivity index (χ3v) is 4.32. The first-order valence-electron chi connectivity index (χ1n) is 5.81. The van der Waals surface area contributed by atoms with E-state index in [1.165, 1.54) is 22.0 Å². The number of nitrogens with two attached hydrogens (primary N) is 1. The van der Waals surface area contributed by atoms with Crippen LogP contribution in [0.4, 0.5) is 0 Å². The zero-order valence-electron chi connectivity index (χ0n) is 9.91. The minimum atomic E-state index is 0.258. The maximum absolute atomic E-state index is 6.23. The summed E-state index contributed by atoms with van der Waals surface area (Å²) in [7, 11) is 2.16. The summed E-state index contributed by atoms with van der Waals surface area (Å²) < 4.78 is 1.18. The summed E-state index contributed by atoms with van der Waals surface area (Å²) in [5.41, 5.74) is 8.83. The lowest BCUT2D eigenvalue weighted by Gasteiger charge is -2.37. The van der Waals surface area contributed by atoms with Crippen LogP contribution >= 0.6 is 15.9 Å². The van der Waals surface area contributed by atoms with Gasteiger partial charge in [0.05, 0.1) is 0 Å². The molecule has 1 saturated heterocycles. The van der Waals surface area contributed by atoms with Crippen LogP contribution in [0.5, 0.6) is 0 Å². The van der Waals surface area contributed by atoms with Crippen molar-refractivity contribution in [2.24, 2.45) is 5.73 Å². The predicted octanol–water partition coefficient (Wildman–Crippen LogP) is 2.85. The van der Waals surface area contributed by atoms with Crippen LogP contribution in [0.2, 0.25) is 0 Å². The molecule has 2 atom stereocenters. The SMILES string of the molecule is Cc1ccc(C2C(N)CCCN2C)cc1Br. The number of nitrogens with zero attached hydrogens (tertiary/aromatic N) is 1. The number of hydrogen-bond donors (Lipinski definition) is 1. The Morgan fingerprint density at radius 3 is 2.81 bits per heavy atom. The van der Waals surface area contributed by atoms with Gasteiger partial charge in [0, 0.05) is 16.6 Å². The van der Waals surface area contributed by atoms with Gasteiger partial charge in [-0.1, -0.05) is 28.1 Å². The number of benzene rings is 1. The second-order valence-electron chi connectivity index (χ2n) is 4.74. The van der Waals surface area contributed by atoms with E-state index in [9.17, 15) is 0 Å². The Balaban J connectivity index is 2.30. The van der Waals surface area contributed by atoms with Gasteiger partial charge in [0.25, 0.3) is 0 Å². The van der Waals surface area contributed by atoms with E-state index in [-0.39, 0.29) is 6.04 Å². The Hall–Kier alpha value is -0.380. The highest BCUT2D eigenvalue weighted by Gasteiger charge is 2.27. The average molecular weight is 283 g/mol. The molecular weight excluding hydrogens is 264 g/mol. The van der Waals surface area contributed by atoms with Gasteiger partial charge in [0.1, 0.15) is 0 Å². The van der Waals surface area contributed by atoms with Crippen LogP contribution in [-0.2, 0) is 0 Å². The van der Waals surface area contributed by atoms with Gasteiger partial charge in [0.2, 0.25) is 0 Å². The van der Waals surface area contributed by atoms with E-state index in [0.717, 1.165) is 13.0 Å². The summed E-state index contributed by atoms with van der Waals surface area (Å²) in [5, 5.41) is 0. The molecule has 1 aromatic carbocycles. The van der Waals surface area contributed by atoms with Crippen LogP contribution in [-0.4, -0.2) is 24.5 Å². The summed E-state index contributed by atoms with van der Waals surface area (Å²) in [6.07, 6.45) is 2.34. The first-order chi connectivity index (χ1) is 7.59. The molecule has 88 valence electrons. The van der Waals surface area contributed by atoms with Gasteiger partial charge in [0.15, 0.2) is 0 Å². The van der Waals surface area contributed by atoms with Crippen LogP contribution in [0.1, 0.15) is 30.0 Å². The maximum Gasteiger partial charge on any atom is 0.0496 e. The van der Waals surface area contributed by atoms with Crippen LogP contribution < -0.4 is 5.73 Å². The van der Waals surface area contributed by atoms with Crippen LogP contribution in [0, 0.1) is 6.92 Å². The first kappa shape index (κ1) is 12.1. The first-order valence-corrected chi connectivity index (χ1v) is 6.61. The highest BCUT2D eigenvalue weighted by Crippen LogP contribution is 2.31. The van der Waals surface area contributed by atoms with Crippen molar-refractivity contribution in [3.63, 3.8) is 0 Å². The normalized spacial score (nSPS) is 27.0. The Morgan fingerprint density at radius 2 is 2.19 bits per heavy atom. The smallest absolute Gasteiger partial charge is 0.0496 e. The molecule has 1 fully saturated rings. The number of hydrogen-bond acceptors (Lipinski definition) is 2. The summed E-state index contributed by atoms with van der Waals surface area (Å²) in [6.45, 7) is 3.25. The largest absolute Gasteiger partial charge is 0.326 e. The lowest BCUT2D eigenvalue weighted by atomic mass is 9.91. The van der Waals surface area contributed by atoms with Gasteiger partial charge in [-0.25, -0.2) is 0 Å². The molecule has 3 heteroatoms. The van der Waals surface area contributed by atoms with Crippen LogP contribution in [0.25, 0.3) is 0 Å². The third kappa shape index (κ3) is 2.31. The molecule has 1 aliphatic rings. The van der Waals surface area contributed by atoms with Crippen molar-refractivity contribution in [3.8, 4) is 0 Å². The van der Waals surface area contributed by atoms with Crippen molar-refractivity contribution >= 4 is 15.9 Å². The number of piperidine rings is 1. The highest BCUT2D eigenvalue weighted by atomic mass is 79.9. The minimum absolute atomic E-state index is 0.258. The maximum atomic E-state index is 6.23. The molecule has 1 aromatic rings. The Labute approximate surface area is 106 Å². The second kappa shape index (κ2) is 4.86. The third-order valence-electron chi connectivity index (χ3n) is 3.47. The quantitative estimate of drug-likeness (QED) is 0.858. The van der Waals surface area contributed by atoms with E-state index in [0.29, 0.717) is 6.04 Å². The zero-order chi connectivity index (χ0) is 11.7. The van der Waals surface area contributed by atoms with Gasteiger partial charge in [-0.15, -0.1) is 0 Å². The van der Waals surface area contributed by atoms with Gasteiger partial charge < -0.3 is 5.73 Å². The van der Waals surface area contributed by atoms with Crippen molar-refractivity contribution in [2.45, 2.75) is 31.8 Å². The number of likely N-dealkylation sites (N-methyl/N-ethyl adjacent to an activating group) is 1. The molecule has 0 aromatic heterocycles. The molecule has 0 aliphatic carbocycles. The molecule has 2 N–H and O–H groups in total. The predicted molar refractivity (Wildman–Crippen MR) is 71.5 cm³/mol. The molecule has 0 bridgehead atoms. The molecule has 0 radical (unpaired) electrons. The number of halogens is 1. The van der Waals surface area contributed by atoms with Crippen molar-refractivity contribution in [1.82, 2.24) is 4.90 Å². The molecule has 0 spiro atoms. The number of aryl methyl sites for hydroxylation is 1. The standard InChI is InChI=1S/C13H19BrN2/c1-9-5-6-10(8-11(9)14)13-12(15)4-3-7-16(13)2/h5-6,8,12-13H,3-4,7,15H2,1-2H3. The van der Waals surface area contributed by atoms with Crippen molar-refractivity contribution in [3.05, 3.63) is 33.8 Å². The fourth-order valence-electron chi connectivity index (χ4n) is 2.49. The molecule has 1 heterocycles. The summed E-state index contributed by atoms with van der Waals surface area (Å²) in [6, 6.07) is 7.20. The van der Waals surface area contributed by atoms with E-state index >= 15 is 0 Å². The topological polar surface area (TPSA) is 29.3 Å². The molecule has 1 aliphatic heterocycles. The van der Waals surface area contributed by atoms with Crippen molar-refractivity contribution in [2.75, 3.05) is 13.6 Å². The summed E-state index contributed by atoms with van der Waals surface area (Å²) in [4.78, 5) is 2.37. The summed E-state index contributed by atoms with van der Waals surface area (Å²) >= 11 is 3.59. The van der Waals surface area contributed by atoms with Crippen molar-refractivity contribution < 1.29 is 0 Å². The van der Waals surface area contributed by atoms with Gasteiger partial charge >= 0.3 is 0 Å². The molecule has 0 saturated carbocycles. The van der Waals surface area contributed by atoms with E-state index in [1.54, 1.807) is 0 Å². The average Bonchev–Trinajstić information content (AvgIpc) is 2.23. The van der Waals surface area contributed by atoms with E-state index < -0.39 is 0 Å². The molecular formula is C13H19BrN2. The fraction of sp³-hybridized carbons (Fsp3) is 0.538. The Kier molecular flexibility index (Phi) is 3.67. The fourth-order valence-corrected chi connectivity index (χ4v) is 2.89. The zero-order valence-corrected chi connectivity index (χ0v) is 11.5. The molecule has 2 unspecified atom stereocenters. The van der Waals surface area contributed by atoms with Gasteiger partial charge in [-0.05, 0) is 50.6 Å². The molecule has 0 amide bonds. The van der Waals surface area contributed by atoms with Crippen molar-refractivity contribution in [1.29, 1.82) is 0 Å². The van der Waals surface area contributed by atoms with E-state index in [2.05, 4.69) is 53.0 Å². The lowest BCUT2D eigenvalue weighted by Crippen LogP contribution is -2.43. The van der Waals surface area contributed by atoms with E-state index in [1.807, 2.05) is 0 Å². The Bertz CT molecular complexity index is 368. The number of likely N-dealkylation sites (tertiary alicyclic amines) is 1. The molecule has 16 heavy (non-hydrogen) atoms. The van der Waals surface area contributed by atoms with E-state index in [4.69, 9.17) is 5.73 Å². The van der Waals surface area contributed by atoms with Crippen LogP contribution in [0.3, 0.4) is 0 Å². The molecule has 2 nitrogen and oxygen atoms in total. The van der Waals surface area contributed by atoms with Gasteiger partial charge in [-0.2, -0.15) is 0 Å². The van der Waals surface area contributed by atoms with Crippen LogP contribution in [0.15, 0.2) is 22.7 Å². The van der Waals surface area contributed by atoms with Gasteiger partial charge in [-0.3, -0.25) is 4.90 Å². The second-order valence-corrected chi connectivity index (χ2v) is 5.59. The monoisotopic (exact) mass is 282 g/mol. The number of rotatable bonds is 1. The lowest BCUT2D eigenvalue weighted by molar-refractivity contribution is 0.163.